The van der Waals surface area contributed by atoms with Crippen molar-refractivity contribution in [2.75, 3.05) is 6.54 Å². The fraction of sp³-hybridized carbons (Fsp3) is 0.522. The van der Waals surface area contributed by atoms with Gasteiger partial charge >= 0.3 is 0 Å². The number of carbonyl (C=O) groups excluding carboxylic acids is 1. The second kappa shape index (κ2) is 7.55. The molecule has 154 valence electrons. The Bertz CT molecular complexity index is 887. The molecule has 0 spiro atoms. The lowest BCUT2D eigenvalue weighted by Gasteiger charge is -2.56. The second-order valence-electron chi connectivity index (χ2n) is 9.23. The highest BCUT2D eigenvalue weighted by molar-refractivity contribution is 6.35. The minimum absolute atomic E-state index is 0.142. The Hall–Kier alpha value is -1.65. The van der Waals surface area contributed by atoms with Crippen LogP contribution in [0, 0.1) is 23.2 Å². The van der Waals surface area contributed by atoms with Gasteiger partial charge in [0.2, 0.25) is 0 Å². The fourth-order valence-electron chi connectivity index (χ4n) is 6.18. The van der Waals surface area contributed by atoms with E-state index in [0.29, 0.717) is 32.7 Å². The quantitative estimate of drug-likeness (QED) is 0.597. The predicted molar refractivity (Wildman–Crippen MR) is 112 cm³/mol. The van der Waals surface area contributed by atoms with Crippen molar-refractivity contribution < 1.29 is 13.9 Å². The van der Waals surface area contributed by atoms with Gasteiger partial charge < -0.3 is 14.5 Å². The molecule has 0 radical (unpaired) electrons. The summed E-state index contributed by atoms with van der Waals surface area (Å²) in [6.07, 6.45) is 8.06. The molecule has 4 fully saturated rings. The van der Waals surface area contributed by atoms with E-state index < -0.39 is 0 Å². The van der Waals surface area contributed by atoms with Crippen LogP contribution in [0.5, 0.6) is 5.75 Å². The Morgan fingerprint density at radius 3 is 2.41 bits per heavy atom. The highest BCUT2D eigenvalue weighted by Gasteiger charge is 2.50. The van der Waals surface area contributed by atoms with Crippen LogP contribution in [-0.2, 0) is 6.61 Å². The van der Waals surface area contributed by atoms with Crippen LogP contribution < -0.4 is 10.1 Å². The summed E-state index contributed by atoms with van der Waals surface area (Å²) in [7, 11) is 0. The molecule has 29 heavy (non-hydrogen) atoms. The Kier molecular flexibility index (Phi) is 5.03. The summed E-state index contributed by atoms with van der Waals surface area (Å²) >= 11 is 12.0. The zero-order valence-corrected chi connectivity index (χ0v) is 17.8. The highest BCUT2D eigenvalue weighted by Crippen LogP contribution is 2.59. The lowest BCUT2D eigenvalue weighted by atomic mass is 9.49. The first kappa shape index (κ1) is 19.3. The maximum absolute atomic E-state index is 12.6. The van der Waals surface area contributed by atoms with Gasteiger partial charge in [0.15, 0.2) is 5.76 Å². The third-order valence-corrected chi connectivity index (χ3v) is 7.47. The standard InChI is InChI=1S/C23H25Cl2NO3/c24-17-1-3-20(19(25)8-17)28-12-18-2-4-21(29-18)22(27)26-13-23-9-14-5-15(10-23)7-16(6-14)11-23/h1-4,8,14-16H,5-7,9-13H2,(H,26,27). The van der Waals surface area contributed by atoms with Gasteiger partial charge in [0, 0.05) is 11.6 Å². The van der Waals surface area contributed by atoms with E-state index in [2.05, 4.69) is 5.32 Å². The van der Waals surface area contributed by atoms with Crippen LogP contribution in [-0.4, -0.2) is 12.5 Å². The largest absolute Gasteiger partial charge is 0.484 e. The lowest BCUT2D eigenvalue weighted by Crippen LogP contribution is -2.51. The number of carbonyl (C=O) groups is 1. The first-order valence-electron chi connectivity index (χ1n) is 10.4. The number of furan rings is 1. The molecule has 0 aliphatic heterocycles. The third-order valence-electron chi connectivity index (χ3n) is 6.94. The Morgan fingerprint density at radius 2 is 1.76 bits per heavy atom. The van der Waals surface area contributed by atoms with E-state index in [1.165, 1.54) is 38.5 Å². The van der Waals surface area contributed by atoms with Crippen LogP contribution in [0.25, 0.3) is 0 Å². The van der Waals surface area contributed by atoms with Crippen molar-refractivity contribution in [3.8, 4) is 5.75 Å². The average molecular weight is 434 g/mol. The predicted octanol–water partition coefficient (Wildman–Crippen LogP) is 6.11. The summed E-state index contributed by atoms with van der Waals surface area (Å²) < 4.78 is 11.4. The van der Waals surface area contributed by atoms with Crippen molar-refractivity contribution in [1.82, 2.24) is 5.32 Å². The number of nitrogens with one attached hydrogen (secondary N) is 1. The Labute approximate surface area is 180 Å². The molecule has 4 bridgehead atoms. The van der Waals surface area contributed by atoms with Crippen molar-refractivity contribution in [3.05, 3.63) is 51.9 Å². The number of rotatable bonds is 6. The van der Waals surface area contributed by atoms with Crippen molar-refractivity contribution in [1.29, 1.82) is 0 Å². The van der Waals surface area contributed by atoms with Crippen LogP contribution in [0.4, 0.5) is 0 Å². The lowest BCUT2D eigenvalue weighted by molar-refractivity contribution is -0.0504. The van der Waals surface area contributed by atoms with Crippen LogP contribution in [0.3, 0.4) is 0 Å². The zero-order chi connectivity index (χ0) is 20.0. The molecular weight excluding hydrogens is 409 g/mol. The highest BCUT2D eigenvalue weighted by atomic mass is 35.5. The first-order valence-corrected chi connectivity index (χ1v) is 11.2. The topological polar surface area (TPSA) is 51.5 Å². The molecule has 0 atom stereocenters. The molecule has 1 aromatic carbocycles. The van der Waals surface area contributed by atoms with E-state index >= 15 is 0 Å². The molecule has 1 aromatic heterocycles. The van der Waals surface area contributed by atoms with Gasteiger partial charge in [-0.25, -0.2) is 0 Å². The summed E-state index contributed by atoms with van der Waals surface area (Å²) in [5.74, 6) is 3.93. The van der Waals surface area contributed by atoms with E-state index in [1.54, 1.807) is 30.3 Å². The van der Waals surface area contributed by atoms with Gasteiger partial charge in [-0.2, -0.15) is 0 Å². The number of benzene rings is 1. The number of amides is 1. The fourth-order valence-corrected chi connectivity index (χ4v) is 6.64. The van der Waals surface area contributed by atoms with Crippen molar-refractivity contribution >= 4 is 29.1 Å². The number of halogens is 2. The van der Waals surface area contributed by atoms with Gasteiger partial charge in [-0.15, -0.1) is 0 Å². The maximum atomic E-state index is 12.6. The molecule has 4 aliphatic carbocycles. The Balaban J connectivity index is 1.17. The summed E-state index contributed by atoms with van der Waals surface area (Å²) in [6.45, 7) is 0.964. The molecule has 4 saturated carbocycles. The third kappa shape index (κ3) is 4.02. The second-order valence-corrected chi connectivity index (χ2v) is 10.1. The first-order chi connectivity index (χ1) is 14.0. The van der Waals surface area contributed by atoms with Crippen molar-refractivity contribution in [2.24, 2.45) is 23.2 Å². The molecular formula is C23H25Cl2NO3. The minimum Gasteiger partial charge on any atom is -0.484 e. The molecule has 6 heteroatoms. The molecule has 6 rings (SSSR count). The van der Waals surface area contributed by atoms with Crippen molar-refractivity contribution in [2.45, 2.75) is 45.1 Å². The SMILES string of the molecule is O=C(NCC12CC3CC(CC(C3)C1)C2)c1ccc(COc2ccc(Cl)cc2Cl)o1. The van der Waals surface area contributed by atoms with E-state index in [1.807, 2.05) is 0 Å². The van der Waals surface area contributed by atoms with Crippen LogP contribution >= 0.6 is 23.2 Å². The van der Waals surface area contributed by atoms with E-state index in [4.69, 9.17) is 32.4 Å². The maximum Gasteiger partial charge on any atom is 0.287 e. The molecule has 1 N–H and O–H groups in total. The zero-order valence-electron chi connectivity index (χ0n) is 16.3. The summed E-state index contributed by atoms with van der Waals surface area (Å²) in [6, 6.07) is 8.53. The summed E-state index contributed by atoms with van der Waals surface area (Å²) in [5.41, 5.74) is 0.314. The van der Waals surface area contributed by atoms with Crippen LogP contribution in [0.1, 0.15) is 54.8 Å². The summed E-state index contributed by atoms with van der Waals surface area (Å²) in [5, 5.41) is 4.15. The van der Waals surface area contributed by atoms with E-state index in [0.717, 1.165) is 24.3 Å². The number of hydrogen-bond acceptors (Lipinski definition) is 3. The Morgan fingerprint density at radius 1 is 1.07 bits per heavy atom. The molecule has 4 aliphatic rings. The molecule has 2 aromatic rings. The average Bonchev–Trinajstić information content (AvgIpc) is 3.13. The van der Waals surface area contributed by atoms with Gasteiger partial charge in [-0.1, -0.05) is 23.2 Å². The van der Waals surface area contributed by atoms with Gasteiger partial charge in [0.05, 0.1) is 5.02 Å². The van der Waals surface area contributed by atoms with Crippen molar-refractivity contribution in [3.63, 3.8) is 0 Å². The van der Waals surface area contributed by atoms with Crippen LogP contribution in [0.15, 0.2) is 34.7 Å². The van der Waals surface area contributed by atoms with E-state index in [-0.39, 0.29) is 12.5 Å². The normalized spacial score (nSPS) is 29.8. The van der Waals surface area contributed by atoms with E-state index in [9.17, 15) is 4.79 Å². The monoisotopic (exact) mass is 433 g/mol. The van der Waals surface area contributed by atoms with Crippen LogP contribution in [0.2, 0.25) is 10.0 Å². The minimum atomic E-state index is -0.142. The number of ether oxygens (including phenoxy) is 1. The van der Waals surface area contributed by atoms with Gasteiger partial charge in [-0.05, 0) is 92.0 Å². The molecule has 4 nitrogen and oxygen atoms in total. The van der Waals surface area contributed by atoms with Gasteiger partial charge in [0.1, 0.15) is 18.1 Å². The van der Waals surface area contributed by atoms with Gasteiger partial charge in [-0.3, -0.25) is 4.79 Å². The molecule has 0 unspecified atom stereocenters. The number of hydrogen-bond donors (Lipinski definition) is 1. The molecule has 1 heterocycles. The van der Waals surface area contributed by atoms with Gasteiger partial charge in [0.25, 0.3) is 5.91 Å². The molecule has 1 amide bonds. The molecule has 0 saturated heterocycles. The smallest absolute Gasteiger partial charge is 0.287 e. The summed E-state index contributed by atoms with van der Waals surface area (Å²) in [4.78, 5) is 12.6.